The minimum absolute atomic E-state index is 0.0230. The van der Waals surface area contributed by atoms with E-state index in [9.17, 15) is 4.79 Å². The second-order valence-electron chi connectivity index (χ2n) is 6.98. The van der Waals surface area contributed by atoms with Gasteiger partial charge in [0.2, 0.25) is 5.88 Å². The Labute approximate surface area is 142 Å². The maximum atomic E-state index is 12.2. The van der Waals surface area contributed by atoms with Crippen LogP contribution in [0.4, 0.5) is 4.79 Å². The molecule has 1 saturated heterocycles. The summed E-state index contributed by atoms with van der Waals surface area (Å²) in [7, 11) is 0. The van der Waals surface area contributed by atoms with E-state index in [-0.39, 0.29) is 12.2 Å². The van der Waals surface area contributed by atoms with Crippen molar-refractivity contribution in [3.63, 3.8) is 0 Å². The van der Waals surface area contributed by atoms with E-state index in [0.717, 1.165) is 12.8 Å². The van der Waals surface area contributed by atoms with E-state index in [1.807, 2.05) is 20.8 Å². The molecule has 0 aliphatic carbocycles. The molecule has 7 heteroatoms. The predicted molar refractivity (Wildman–Crippen MR) is 87.7 cm³/mol. The number of nitrogens with zero attached hydrogens (tertiary/aromatic N) is 3. The molecule has 0 bridgehead atoms. The third-order valence-electron chi connectivity index (χ3n) is 3.44. The summed E-state index contributed by atoms with van der Waals surface area (Å²) in [4.78, 5) is 22.1. The quantitative estimate of drug-likeness (QED) is 0.823. The summed E-state index contributed by atoms with van der Waals surface area (Å²) < 4.78 is 11.3. The van der Waals surface area contributed by atoms with Crippen molar-refractivity contribution in [2.45, 2.75) is 52.2 Å². The molecule has 0 saturated carbocycles. The van der Waals surface area contributed by atoms with Crippen LogP contribution < -0.4 is 4.74 Å². The molecule has 2 rings (SSSR count). The fraction of sp³-hybridized carbons (Fsp3) is 0.688. The van der Waals surface area contributed by atoms with E-state index in [4.69, 9.17) is 21.1 Å². The van der Waals surface area contributed by atoms with Gasteiger partial charge < -0.3 is 14.4 Å². The second kappa shape index (κ2) is 7.34. The monoisotopic (exact) mass is 341 g/mol. The van der Waals surface area contributed by atoms with E-state index in [1.165, 1.54) is 6.20 Å². The van der Waals surface area contributed by atoms with Gasteiger partial charge in [0.05, 0.1) is 12.4 Å². The van der Waals surface area contributed by atoms with Crippen molar-refractivity contribution in [1.82, 2.24) is 14.9 Å². The minimum atomic E-state index is -0.487. The zero-order valence-electron chi connectivity index (χ0n) is 14.1. The summed E-state index contributed by atoms with van der Waals surface area (Å²) in [6.07, 6.45) is 4.28. The first kappa shape index (κ1) is 17.8. The molecule has 1 amide bonds. The number of carbonyl (C=O) groups excluding carboxylic acids is 1. The zero-order valence-corrected chi connectivity index (χ0v) is 14.8. The molecule has 1 aliphatic heterocycles. The van der Waals surface area contributed by atoms with Gasteiger partial charge in [0.1, 0.15) is 11.7 Å². The van der Waals surface area contributed by atoms with Crippen LogP contribution in [0.3, 0.4) is 0 Å². The summed E-state index contributed by atoms with van der Waals surface area (Å²) >= 11 is 5.83. The molecular formula is C16H24ClN3O3. The van der Waals surface area contributed by atoms with Gasteiger partial charge in [0, 0.05) is 19.5 Å². The summed E-state index contributed by atoms with van der Waals surface area (Å²) in [5.74, 6) is 0.725. The highest BCUT2D eigenvalue weighted by atomic mass is 35.5. The summed E-state index contributed by atoms with van der Waals surface area (Å²) in [6, 6.07) is 0. The van der Waals surface area contributed by atoms with E-state index in [2.05, 4.69) is 16.9 Å². The molecule has 1 fully saturated rings. The molecule has 1 aromatic rings. The Morgan fingerprint density at radius 2 is 2.13 bits per heavy atom. The van der Waals surface area contributed by atoms with Gasteiger partial charge in [-0.25, -0.2) is 4.79 Å². The number of likely N-dealkylation sites (tertiary alicyclic amines) is 1. The van der Waals surface area contributed by atoms with E-state index in [1.54, 1.807) is 11.1 Å². The molecule has 23 heavy (non-hydrogen) atoms. The Bertz CT molecular complexity index is 548. The summed E-state index contributed by atoms with van der Waals surface area (Å²) in [5, 5.41) is 0.305. The Hall–Kier alpha value is -1.56. The van der Waals surface area contributed by atoms with Gasteiger partial charge in [-0.3, -0.25) is 4.98 Å². The Morgan fingerprint density at radius 1 is 1.39 bits per heavy atom. The lowest BCUT2D eigenvalue weighted by Gasteiger charge is -2.27. The predicted octanol–water partition coefficient (Wildman–Crippen LogP) is 3.54. The van der Waals surface area contributed by atoms with Crippen molar-refractivity contribution in [2.75, 3.05) is 13.1 Å². The molecule has 1 aliphatic rings. The van der Waals surface area contributed by atoms with Gasteiger partial charge >= 0.3 is 6.09 Å². The molecular weight excluding hydrogens is 318 g/mol. The standard InChI is InChI=1S/C16H24ClN3O3/c1-11-7-12(22-14-9-18-8-13(17)19-14)5-6-20(10-11)15(21)23-16(2,3)4/h8-9,11-12H,5-7,10H2,1-4H3/t11-,12+/m1/s1. The third-order valence-corrected chi connectivity index (χ3v) is 3.62. The molecule has 0 aromatic carbocycles. The van der Waals surface area contributed by atoms with Crippen LogP contribution in [0.2, 0.25) is 5.15 Å². The molecule has 0 radical (unpaired) electrons. The average molecular weight is 342 g/mol. The molecule has 6 nitrogen and oxygen atoms in total. The van der Waals surface area contributed by atoms with Crippen LogP contribution in [0.25, 0.3) is 0 Å². The highest BCUT2D eigenvalue weighted by molar-refractivity contribution is 6.29. The van der Waals surface area contributed by atoms with Crippen LogP contribution in [0.5, 0.6) is 5.88 Å². The van der Waals surface area contributed by atoms with Crippen LogP contribution in [-0.4, -0.2) is 45.8 Å². The van der Waals surface area contributed by atoms with Crippen molar-refractivity contribution < 1.29 is 14.3 Å². The number of amides is 1. The van der Waals surface area contributed by atoms with Gasteiger partial charge in [-0.1, -0.05) is 18.5 Å². The van der Waals surface area contributed by atoms with Gasteiger partial charge in [0.25, 0.3) is 0 Å². The van der Waals surface area contributed by atoms with Crippen LogP contribution in [-0.2, 0) is 4.74 Å². The maximum absolute atomic E-state index is 12.2. The lowest BCUT2D eigenvalue weighted by molar-refractivity contribution is 0.0236. The Kier molecular flexibility index (Phi) is 5.68. The van der Waals surface area contributed by atoms with Crippen LogP contribution >= 0.6 is 11.6 Å². The fourth-order valence-corrected chi connectivity index (χ4v) is 2.70. The van der Waals surface area contributed by atoms with Crippen LogP contribution in [0.1, 0.15) is 40.5 Å². The number of carbonyl (C=O) groups is 1. The van der Waals surface area contributed by atoms with Crippen molar-refractivity contribution in [2.24, 2.45) is 5.92 Å². The summed E-state index contributed by atoms with van der Waals surface area (Å²) in [5.41, 5.74) is -0.487. The Balaban J connectivity index is 1.96. The SMILES string of the molecule is C[C@@H]1C[C@@H](Oc2cncc(Cl)n2)CCN(C(=O)OC(C)(C)C)C1. The zero-order chi connectivity index (χ0) is 17.0. The fourth-order valence-electron chi connectivity index (χ4n) is 2.56. The normalized spacial score (nSPS) is 22.4. The van der Waals surface area contributed by atoms with Crippen LogP contribution in [0.15, 0.2) is 12.4 Å². The first-order valence-electron chi connectivity index (χ1n) is 7.85. The second-order valence-corrected chi connectivity index (χ2v) is 7.36. The first-order valence-corrected chi connectivity index (χ1v) is 8.23. The number of hydrogen-bond acceptors (Lipinski definition) is 5. The largest absolute Gasteiger partial charge is 0.473 e. The number of halogens is 1. The average Bonchev–Trinajstić information content (AvgIpc) is 2.58. The smallest absolute Gasteiger partial charge is 0.410 e. The van der Waals surface area contributed by atoms with E-state index >= 15 is 0 Å². The molecule has 1 aromatic heterocycles. The minimum Gasteiger partial charge on any atom is -0.473 e. The highest BCUT2D eigenvalue weighted by Crippen LogP contribution is 2.22. The van der Waals surface area contributed by atoms with E-state index in [0.29, 0.717) is 30.0 Å². The third kappa shape index (κ3) is 5.86. The molecule has 0 unspecified atom stereocenters. The molecule has 2 atom stereocenters. The van der Waals surface area contributed by atoms with Gasteiger partial charge in [-0.2, -0.15) is 4.98 Å². The molecule has 0 N–H and O–H groups in total. The number of aromatic nitrogens is 2. The van der Waals surface area contributed by atoms with Crippen LogP contribution in [0, 0.1) is 5.92 Å². The van der Waals surface area contributed by atoms with Gasteiger partial charge in [-0.05, 0) is 33.1 Å². The van der Waals surface area contributed by atoms with Crippen molar-refractivity contribution in [3.05, 3.63) is 17.5 Å². The number of rotatable bonds is 2. The van der Waals surface area contributed by atoms with E-state index < -0.39 is 5.60 Å². The van der Waals surface area contributed by atoms with Crippen molar-refractivity contribution >= 4 is 17.7 Å². The lowest BCUT2D eigenvalue weighted by atomic mass is 10.0. The number of ether oxygens (including phenoxy) is 2. The topological polar surface area (TPSA) is 64.6 Å². The Morgan fingerprint density at radius 3 is 2.78 bits per heavy atom. The van der Waals surface area contributed by atoms with Gasteiger partial charge in [-0.15, -0.1) is 0 Å². The summed E-state index contributed by atoms with van der Waals surface area (Å²) in [6.45, 7) is 8.97. The lowest BCUT2D eigenvalue weighted by Crippen LogP contribution is -2.38. The first-order chi connectivity index (χ1) is 10.7. The number of hydrogen-bond donors (Lipinski definition) is 0. The van der Waals surface area contributed by atoms with Crippen molar-refractivity contribution in [3.8, 4) is 5.88 Å². The van der Waals surface area contributed by atoms with Gasteiger partial charge in [0.15, 0.2) is 5.15 Å². The van der Waals surface area contributed by atoms with Crippen molar-refractivity contribution in [1.29, 1.82) is 0 Å². The molecule has 0 spiro atoms. The highest BCUT2D eigenvalue weighted by Gasteiger charge is 2.29. The molecule has 128 valence electrons. The molecule has 2 heterocycles. The maximum Gasteiger partial charge on any atom is 0.410 e.